The van der Waals surface area contributed by atoms with Crippen LogP contribution in [0.15, 0.2) is 48.5 Å². The van der Waals surface area contributed by atoms with Gasteiger partial charge in [0, 0.05) is 0 Å². The van der Waals surface area contributed by atoms with E-state index in [1.54, 1.807) is 62.4 Å². The van der Waals surface area contributed by atoms with Crippen molar-refractivity contribution in [3.05, 3.63) is 65.2 Å². The lowest BCUT2D eigenvalue weighted by atomic mass is 9.84. The van der Waals surface area contributed by atoms with Gasteiger partial charge in [-0.25, -0.2) is 4.79 Å². The van der Waals surface area contributed by atoms with Gasteiger partial charge in [-0.1, -0.05) is 42.0 Å². The molecule has 0 aliphatic rings. The average molecular weight is 344 g/mol. The van der Waals surface area contributed by atoms with Crippen molar-refractivity contribution >= 4 is 5.97 Å². The number of methoxy groups -OCH3 is 1. The molecule has 0 saturated carbocycles. The number of hydrogen-bond acceptors (Lipinski definition) is 5. The van der Waals surface area contributed by atoms with Gasteiger partial charge in [0.25, 0.3) is 0 Å². The molecule has 0 bridgehead atoms. The molecule has 0 radical (unpaired) electrons. The second-order valence-corrected chi connectivity index (χ2v) is 6.26. The van der Waals surface area contributed by atoms with Gasteiger partial charge >= 0.3 is 5.97 Å². The van der Waals surface area contributed by atoms with E-state index >= 15 is 0 Å². The third kappa shape index (κ3) is 4.00. The maximum Gasteiger partial charge on any atom is 0.346 e. The number of aryl methyl sites for hydroxylation is 1. The first-order valence-electron chi connectivity index (χ1n) is 8.11. The molecule has 0 spiro atoms. The zero-order valence-corrected chi connectivity index (χ0v) is 14.9. The number of benzene rings is 2. The van der Waals surface area contributed by atoms with Crippen molar-refractivity contribution in [3.8, 4) is 5.75 Å². The lowest BCUT2D eigenvalue weighted by molar-refractivity contribution is -0.185. The second-order valence-electron chi connectivity index (χ2n) is 6.26. The highest BCUT2D eigenvalue weighted by Gasteiger charge is 2.47. The summed E-state index contributed by atoms with van der Waals surface area (Å²) in [6.07, 6.45) is -1.92. The number of carbonyl (C=O) groups is 1. The maximum atomic E-state index is 12.6. The van der Waals surface area contributed by atoms with Crippen molar-refractivity contribution in [2.24, 2.45) is 0 Å². The summed E-state index contributed by atoms with van der Waals surface area (Å²) >= 11 is 0. The number of rotatable bonds is 6. The van der Waals surface area contributed by atoms with E-state index in [0.717, 1.165) is 5.56 Å². The molecule has 0 aromatic heterocycles. The quantitative estimate of drug-likeness (QED) is 0.788. The summed E-state index contributed by atoms with van der Waals surface area (Å²) in [5, 5.41) is 22.0. The number of hydrogen-bond donors (Lipinski definition) is 2. The average Bonchev–Trinajstić information content (AvgIpc) is 2.60. The summed E-state index contributed by atoms with van der Waals surface area (Å²) in [5.41, 5.74) is -0.592. The molecule has 2 N–H and O–H groups in total. The van der Waals surface area contributed by atoms with Crippen LogP contribution in [-0.4, -0.2) is 29.4 Å². The third-order valence-corrected chi connectivity index (χ3v) is 3.97. The van der Waals surface area contributed by atoms with Crippen LogP contribution in [-0.2, 0) is 15.1 Å². The van der Waals surface area contributed by atoms with Crippen LogP contribution in [0, 0.1) is 6.92 Å². The van der Waals surface area contributed by atoms with Crippen LogP contribution in [0.25, 0.3) is 0 Å². The fourth-order valence-electron chi connectivity index (χ4n) is 2.53. The monoisotopic (exact) mass is 344 g/mol. The maximum absolute atomic E-state index is 12.6. The fraction of sp³-hybridized carbons (Fsp3) is 0.350. The predicted octanol–water partition coefficient (Wildman–Crippen LogP) is 2.88. The number of ether oxygens (including phenoxy) is 2. The van der Waals surface area contributed by atoms with Crippen LogP contribution in [0.1, 0.15) is 36.6 Å². The van der Waals surface area contributed by atoms with Crippen LogP contribution < -0.4 is 4.74 Å². The highest BCUT2D eigenvalue weighted by atomic mass is 16.6. The summed E-state index contributed by atoms with van der Waals surface area (Å²) in [6, 6.07) is 13.3. The molecule has 0 aliphatic heterocycles. The highest BCUT2D eigenvalue weighted by Crippen LogP contribution is 2.37. The summed E-state index contributed by atoms with van der Waals surface area (Å²) in [6.45, 7) is 5.27. The van der Waals surface area contributed by atoms with Crippen molar-refractivity contribution in [3.63, 3.8) is 0 Å². The fourth-order valence-corrected chi connectivity index (χ4v) is 2.53. The summed E-state index contributed by atoms with van der Waals surface area (Å²) in [7, 11) is 1.54. The molecule has 2 atom stereocenters. The topological polar surface area (TPSA) is 76.0 Å². The van der Waals surface area contributed by atoms with Gasteiger partial charge < -0.3 is 19.7 Å². The molecule has 5 heteroatoms. The first-order valence-corrected chi connectivity index (χ1v) is 8.11. The number of esters is 1. The van der Waals surface area contributed by atoms with E-state index in [2.05, 4.69) is 0 Å². The van der Waals surface area contributed by atoms with Crippen molar-refractivity contribution in [2.75, 3.05) is 7.11 Å². The zero-order valence-electron chi connectivity index (χ0n) is 14.9. The Morgan fingerprint density at radius 3 is 2.08 bits per heavy atom. The minimum Gasteiger partial charge on any atom is -0.497 e. The normalized spacial score (nSPS) is 14.7. The lowest BCUT2D eigenvalue weighted by Crippen LogP contribution is -2.44. The molecule has 0 aliphatic carbocycles. The standard InChI is InChI=1S/C20H24O5/c1-13(2)25-19(22)20(23,16-9-5-14(3)6-10-16)18(21)15-7-11-17(24-4)12-8-15/h5-13,18,21,23H,1-4H3. The predicted molar refractivity (Wildman–Crippen MR) is 94.3 cm³/mol. The van der Waals surface area contributed by atoms with E-state index in [4.69, 9.17) is 9.47 Å². The van der Waals surface area contributed by atoms with E-state index in [-0.39, 0.29) is 5.56 Å². The molecule has 134 valence electrons. The molecular formula is C20H24O5. The van der Waals surface area contributed by atoms with Gasteiger partial charge in [0.15, 0.2) is 0 Å². The van der Waals surface area contributed by atoms with Gasteiger partial charge in [-0.15, -0.1) is 0 Å². The second kappa shape index (κ2) is 7.68. The summed E-state index contributed by atoms with van der Waals surface area (Å²) < 4.78 is 10.3. The number of aliphatic hydroxyl groups is 2. The van der Waals surface area contributed by atoms with Crippen LogP contribution in [0.2, 0.25) is 0 Å². The molecule has 0 fully saturated rings. The Morgan fingerprint density at radius 2 is 1.60 bits per heavy atom. The molecule has 5 nitrogen and oxygen atoms in total. The van der Waals surface area contributed by atoms with E-state index < -0.39 is 23.8 Å². The van der Waals surface area contributed by atoms with Gasteiger partial charge in [-0.05, 0) is 44.0 Å². The Bertz CT molecular complexity index is 706. The first kappa shape index (κ1) is 19.0. The Hall–Kier alpha value is -2.37. The van der Waals surface area contributed by atoms with Crippen molar-refractivity contribution in [1.82, 2.24) is 0 Å². The summed E-state index contributed by atoms with van der Waals surface area (Å²) in [4.78, 5) is 12.6. The van der Waals surface area contributed by atoms with E-state index in [1.165, 1.54) is 7.11 Å². The molecule has 2 aromatic rings. The van der Waals surface area contributed by atoms with Crippen molar-refractivity contribution in [1.29, 1.82) is 0 Å². The molecule has 0 saturated heterocycles. The van der Waals surface area contributed by atoms with E-state index in [1.807, 2.05) is 6.92 Å². The Kier molecular flexibility index (Phi) is 5.82. The van der Waals surface area contributed by atoms with Crippen LogP contribution in [0.3, 0.4) is 0 Å². The van der Waals surface area contributed by atoms with E-state index in [9.17, 15) is 15.0 Å². The van der Waals surface area contributed by atoms with Crippen LogP contribution >= 0.6 is 0 Å². The SMILES string of the molecule is COc1ccc(C(O)C(O)(C(=O)OC(C)C)c2ccc(C)cc2)cc1. The number of carbonyl (C=O) groups excluding carboxylic acids is 1. The van der Waals surface area contributed by atoms with Gasteiger partial charge in [-0.3, -0.25) is 0 Å². The smallest absolute Gasteiger partial charge is 0.346 e. The highest BCUT2D eigenvalue weighted by molar-refractivity contribution is 5.82. The van der Waals surface area contributed by atoms with Gasteiger partial charge in [0.1, 0.15) is 11.9 Å². The minimum absolute atomic E-state index is 0.270. The first-order chi connectivity index (χ1) is 11.8. The van der Waals surface area contributed by atoms with Crippen LogP contribution in [0.5, 0.6) is 5.75 Å². The molecule has 0 heterocycles. The lowest BCUT2D eigenvalue weighted by Gasteiger charge is -2.32. The van der Waals surface area contributed by atoms with E-state index in [0.29, 0.717) is 11.3 Å². The third-order valence-electron chi connectivity index (χ3n) is 3.97. The molecule has 2 unspecified atom stereocenters. The Balaban J connectivity index is 2.48. The van der Waals surface area contributed by atoms with Gasteiger partial charge in [-0.2, -0.15) is 0 Å². The molecular weight excluding hydrogens is 320 g/mol. The largest absolute Gasteiger partial charge is 0.497 e. The summed E-state index contributed by atoms with van der Waals surface area (Å²) in [5.74, 6) is -0.283. The molecule has 25 heavy (non-hydrogen) atoms. The Morgan fingerprint density at radius 1 is 1.04 bits per heavy atom. The van der Waals surface area contributed by atoms with Crippen molar-refractivity contribution < 1.29 is 24.5 Å². The molecule has 0 amide bonds. The van der Waals surface area contributed by atoms with Gasteiger partial charge in [0.2, 0.25) is 5.60 Å². The molecule has 2 rings (SSSR count). The molecule has 2 aromatic carbocycles. The van der Waals surface area contributed by atoms with Crippen molar-refractivity contribution in [2.45, 2.75) is 38.6 Å². The zero-order chi connectivity index (χ0) is 18.6. The van der Waals surface area contributed by atoms with Gasteiger partial charge in [0.05, 0.1) is 13.2 Å². The minimum atomic E-state index is -2.22. The Labute approximate surface area is 147 Å². The van der Waals surface area contributed by atoms with Crippen LogP contribution in [0.4, 0.5) is 0 Å². The number of aliphatic hydroxyl groups excluding tert-OH is 1.